The Morgan fingerprint density at radius 1 is 0.710 bits per heavy atom. The first-order valence-electron chi connectivity index (χ1n) is 10.1. The molecule has 0 saturated heterocycles. The van der Waals surface area contributed by atoms with Crippen molar-refractivity contribution >= 4 is 12.7 Å². The first-order chi connectivity index (χ1) is 15.0. The molecule has 0 amide bonds. The number of fused-ring (bicyclic) bond motifs is 3. The minimum absolute atomic E-state index is 0.153. The van der Waals surface area contributed by atoms with Gasteiger partial charge in [-0.05, 0) is 59.5 Å². The molecule has 5 heteroatoms. The van der Waals surface area contributed by atoms with Gasteiger partial charge < -0.3 is 14.7 Å². The van der Waals surface area contributed by atoms with Crippen LogP contribution in [0.5, 0.6) is 17.2 Å². The minimum Gasteiger partial charge on any atom is -0.508 e. The fourth-order valence-electron chi connectivity index (χ4n) is 4.15. The van der Waals surface area contributed by atoms with E-state index in [-0.39, 0.29) is 11.5 Å². The van der Waals surface area contributed by atoms with E-state index in [1.54, 1.807) is 36.4 Å². The van der Waals surface area contributed by atoms with E-state index in [4.69, 9.17) is 4.52 Å². The summed E-state index contributed by atoms with van der Waals surface area (Å²) in [6.07, 6.45) is 0.457. The molecule has 31 heavy (non-hydrogen) atoms. The lowest BCUT2D eigenvalue weighted by Gasteiger charge is -2.34. The van der Waals surface area contributed by atoms with Gasteiger partial charge >= 0.3 is 0 Å². The average Bonchev–Trinajstić information content (AvgIpc) is 2.80. The van der Waals surface area contributed by atoms with Gasteiger partial charge in [-0.25, -0.2) is 0 Å². The van der Waals surface area contributed by atoms with Crippen LogP contribution in [-0.2, 0) is 11.0 Å². The van der Waals surface area contributed by atoms with Crippen LogP contribution in [0.1, 0.15) is 16.8 Å². The number of rotatable bonds is 4. The third-order valence-corrected chi connectivity index (χ3v) is 8.54. The van der Waals surface area contributed by atoms with E-state index in [0.29, 0.717) is 17.5 Å². The van der Waals surface area contributed by atoms with Crippen LogP contribution in [0.15, 0.2) is 97.1 Å². The smallest absolute Gasteiger partial charge is 0.285 e. The minimum atomic E-state index is -3.40. The molecule has 2 unspecified atom stereocenters. The predicted molar refractivity (Wildman–Crippen MR) is 122 cm³/mol. The molecule has 0 bridgehead atoms. The molecule has 4 aromatic carbocycles. The van der Waals surface area contributed by atoms with Crippen LogP contribution in [0.2, 0.25) is 0 Å². The molecule has 0 fully saturated rings. The number of para-hydroxylation sites is 1. The first kappa shape index (κ1) is 19.5. The van der Waals surface area contributed by atoms with E-state index in [1.165, 1.54) is 0 Å². The van der Waals surface area contributed by atoms with E-state index in [9.17, 15) is 14.8 Å². The van der Waals surface area contributed by atoms with Crippen LogP contribution in [0.3, 0.4) is 0 Å². The van der Waals surface area contributed by atoms with Crippen LogP contribution >= 0.6 is 7.37 Å². The van der Waals surface area contributed by atoms with E-state index in [0.717, 1.165) is 22.3 Å². The lowest BCUT2D eigenvalue weighted by Crippen LogP contribution is -2.23. The molecule has 0 saturated carbocycles. The van der Waals surface area contributed by atoms with Gasteiger partial charge in [-0.2, -0.15) is 0 Å². The van der Waals surface area contributed by atoms with Gasteiger partial charge in [-0.1, -0.05) is 60.7 Å². The number of benzene rings is 4. The van der Waals surface area contributed by atoms with Crippen molar-refractivity contribution in [2.75, 3.05) is 0 Å². The number of phenolic OH excluding ortho intramolecular Hbond substituents is 2. The molecule has 4 nitrogen and oxygen atoms in total. The molecule has 0 aliphatic carbocycles. The van der Waals surface area contributed by atoms with Crippen LogP contribution in [0.4, 0.5) is 0 Å². The van der Waals surface area contributed by atoms with Gasteiger partial charge in [0, 0.05) is 5.56 Å². The number of hydrogen-bond donors (Lipinski definition) is 2. The Hall–Kier alpha value is -3.49. The van der Waals surface area contributed by atoms with E-state index >= 15 is 0 Å². The molecule has 2 N–H and O–H groups in total. The molecule has 0 aromatic heterocycles. The monoisotopic (exact) mass is 428 g/mol. The van der Waals surface area contributed by atoms with E-state index < -0.39 is 13.0 Å². The lowest BCUT2D eigenvalue weighted by atomic mass is 10.0. The topological polar surface area (TPSA) is 66.8 Å². The molecule has 5 rings (SSSR count). The Morgan fingerprint density at radius 2 is 1.29 bits per heavy atom. The molecule has 1 aliphatic heterocycles. The molecule has 2 atom stereocenters. The van der Waals surface area contributed by atoms with Crippen molar-refractivity contribution in [3.05, 3.63) is 108 Å². The van der Waals surface area contributed by atoms with Gasteiger partial charge in [-0.15, -0.1) is 0 Å². The van der Waals surface area contributed by atoms with E-state index in [2.05, 4.69) is 0 Å². The molecule has 0 spiro atoms. The maximum Gasteiger partial charge on any atom is 0.285 e. The third-order valence-electron chi connectivity index (χ3n) is 5.70. The molecular weight excluding hydrogens is 407 g/mol. The normalized spacial score (nSPS) is 17.8. The molecule has 1 aliphatic rings. The summed E-state index contributed by atoms with van der Waals surface area (Å²) >= 11 is 0. The van der Waals surface area contributed by atoms with Crippen molar-refractivity contribution in [2.45, 2.75) is 12.1 Å². The number of phenols is 2. The van der Waals surface area contributed by atoms with Crippen molar-refractivity contribution in [3.8, 4) is 28.4 Å². The van der Waals surface area contributed by atoms with Crippen molar-refractivity contribution in [1.82, 2.24) is 0 Å². The summed E-state index contributed by atoms with van der Waals surface area (Å²) in [6.45, 7) is 0. The summed E-state index contributed by atoms with van der Waals surface area (Å²) in [4.78, 5) is 0. The Morgan fingerprint density at radius 3 is 2.00 bits per heavy atom. The Labute approximate surface area is 180 Å². The van der Waals surface area contributed by atoms with Crippen molar-refractivity contribution in [1.29, 1.82) is 0 Å². The van der Waals surface area contributed by atoms with Crippen LogP contribution in [-0.4, -0.2) is 10.2 Å². The fourth-order valence-corrected chi connectivity index (χ4v) is 7.01. The second kappa shape index (κ2) is 7.64. The Balaban J connectivity index is 1.69. The average molecular weight is 428 g/mol. The fraction of sp³-hybridized carbons (Fsp3) is 0.0769. The molecule has 0 radical (unpaired) electrons. The highest BCUT2D eigenvalue weighted by Gasteiger charge is 2.43. The Bertz CT molecular complexity index is 1280. The SMILES string of the molecule is O=P1(C(Cc2ccc(O)cc2)c2ccc(O)cc2)Oc2ccccc2-c2ccccc21. The van der Waals surface area contributed by atoms with Crippen molar-refractivity contribution in [2.24, 2.45) is 0 Å². The summed E-state index contributed by atoms with van der Waals surface area (Å²) in [5.41, 5.74) is 3.14. The molecule has 4 aromatic rings. The lowest BCUT2D eigenvalue weighted by molar-refractivity contribution is 0.471. The van der Waals surface area contributed by atoms with Gasteiger partial charge in [0.05, 0.1) is 11.0 Å². The summed E-state index contributed by atoms with van der Waals surface area (Å²) in [6, 6.07) is 29.1. The second-order valence-corrected chi connectivity index (χ2v) is 10.2. The molecule has 1 heterocycles. The van der Waals surface area contributed by atoms with Crippen LogP contribution in [0.25, 0.3) is 11.1 Å². The quantitative estimate of drug-likeness (QED) is 0.389. The van der Waals surface area contributed by atoms with Crippen molar-refractivity contribution < 1.29 is 19.3 Å². The zero-order chi connectivity index (χ0) is 21.4. The van der Waals surface area contributed by atoms with Crippen molar-refractivity contribution in [3.63, 3.8) is 0 Å². The van der Waals surface area contributed by atoms with Gasteiger partial charge in [0.2, 0.25) is 0 Å². The maximum absolute atomic E-state index is 14.7. The number of aromatic hydroxyl groups is 2. The Kier molecular flexibility index (Phi) is 4.80. The molecule has 154 valence electrons. The standard InChI is InChI=1S/C26H21O4P/c27-20-13-9-18(10-14-20)17-26(19-11-15-21(28)16-12-19)31(29)25-8-4-2-6-23(25)22-5-1-3-7-24(22)30-31/h1-16,26-28H,17H2. The van der Waals surface area contributed by atoms with Gasteiger partial charge in [0.15, 0.2) is 0 Å². The highest BCUT2D eigenvalue weighted by Crippen LogP contribution is 2.64. The third kappa shape index (κ3) is 3.49. The summed E-state index contributed by atoms with van der Waals surface area (Å²) in [7, 11) is -3.40. The largest absolute Gasteiger partial charge is 0.508 e. The van der Waals surface area contributed by atoms with Gasteiger partial charge in [0.1, 0.15) is 17.2 Å². The predicted octanol–water partition coefficient (Wildman–Crippen LogP) is 6.04. The highest BCUT2D eigenvalue weighted by molar-refractivity contribution is 7.68. The summed E-state index contributed by atoms with van der Waals surface area (Å²) in [5.74, 6) is 0.949. The summed E-state index contributed by atoms with van der Waals surface area (Å²) < 4.78 is 21.1. The molecular formula is C26H21O4P. The van der Waals surface area contributed by atoms with Crippen LogP contribution in [0, 0.1) is 0 Å². The zero-order valence-electron chi connectivity index (χ0n) is 16.7. The zero-order valence-corrected chi connectivity index (χ0v) is 17.6. The first-order valence-corrected chi connectivity index (χ1v) is 11.8. The number of hydrogen-bond acceptors (Lipinski definition) is 4. The second-order valence-electron chi connectivity index (χ2n) is 7.68. The van der Waals surface area contributed by atoms with Gasteiger partial charge in [0.25, 0.3) is 7.37 Å². The highest BCUT2D eigenvalue weighted by atomic mass is 31.2. The summed E-state index contributed by atoms with van der Waals surface area (Å²) in [5, 5.41) is 20.2. The van der Waals surface area contributed by atoms with Crippen LogP contribution < -0.4 is 9.83 Å². The van der Waals surface area contributed by atoms with Gasteiger partial charge in [-0.3, -0.25) is 4.57 Å². The van der Waals surface area contributed by atoms with E-state index in [1.807, 2.05) is 60.7 Å². The maximum atomic E-state index is 14.7.